The van der Waals surface area contributed by atoms with Crippen LogP contribution in [0.25, 0.3) is 0 Å². The van der Waals surface area contributed by atoms with Gasteiger partial charge in [-0.3, -0.25) is 0 Å². The van der Waals surface area contributed by atoms with Gasteiger partial charge in [-0.25, -0.2) is 0 Å². The summed E-state index contributed by atoms with van der Waals surface area (Å²) in [6.45, 7) is 0. The third kappa shape index (κ3) is 3.52. The van der Waals surface area contributed by atoms with Gasteiger partial charge in [-0.1, -0.05) is 34.7 Å². The van der Waals surface area contributed by atoms with E-state index in [4.69, 9.17) is 10.5 Å². The van der Waals surface area contributed by atoms with Gasteiger partial charge >= 0.3 is 0 Å². The maximum absolute atomic E-state index is 5.84. The first-order valence-electron chi connectivity index (χ1n) is 4.20. The minimum atomic E-state index is 0.258. The normalized spacial score (nSPS) is 12.5. The molecule has 0 heterocycles. The molecule has 0 amide bonds. The Morgan fingerprint density at radius 1 is 1.38 bits per heavy atom. The lowest BCUT2D eigenvalue weighted by Gasteiger charge is -2.08. The van der Waals surface area contributed by atoms with E-state index < -0.39 is 0 Å². The molecular formula is C10H14INO. The first-order valence-corrected chi connectivity index (χ1v) is 5.73. The summed E-state index contributed by atoms with van der Waals surface area (Å²) in [5.74, 6) is 0.895. The summed E-state index contributed by atoms with van der Waals surface area (Å²) in [7, 11) is 1.67. The lowest BCUT2D eigenvalue weighted by molar-refractivity contribution is 0.414. The van der Waals surface area contributed by atoms with Crippen molar-refractivity contribution in [2.24, 2.45) is 5.73 Å². The molecule has 0 fully saturated rings. The molecule has 0 aliphatic rings. The minimum absolute atomic E-state index is 0.258. The summed E-state index contributed by atoms with van der Waals surface area (Å²) in [6.07, 6.45) is 0.937. The summed E-state index contributed by atoms with van der Waals surface area (Å²) in [6, 6.07) is 8.31. The molecule has 2 N–H and O–H groups in total. The average molecular weight is 291 g/mol. The van der Waals surface area contributed by atoms with Crippen LogP contribution in [0.15, 0.2) is 24.3 Å². The second-order valence-corrected chi connectivity index (χ2v) is 3.85. The summed E-state index contributed by atoms with van der Waals surface area (Å²) in [5, 5.41) is 0. The first-order chi connectivity index (χ1) is 6.26. The molecule has 72 valence electrons. The highest BCUT2D eigenvalue weighted by Gasteiger charge is 2.01. The molecule has 1 aromatic carbocycles. The third-order valence-electron chi connectivity index (χ3n) is 1.86. The van der Waals surface area contributed by atoms with Crippen molar-refractivity contribution in [1.29, 1.82) is 0 Å². The molecule has 1 aromatic rings. The summed E-state index contributed by atoms with van der Waals surface area (Å²) < 4.78 is 6.06. The number of rotatable bonds is 4. The van der Waals surface area contributed by atoms with E-state index in [-0.39, 0.29) is 6.04 Å². The molecule has 1 rings (SSSR count). The number of hydrogen-bond acceptors (Lipinski definition) is 2. The van der Waals surface area contributed by atoms with Crippen LogP contribution in [-0.2, 0) is 6.42 Å². The number of ether oxygens (including phenoxy) is 1. The van der Waals surface area contributed by atoms with E-state index in [9.17, 15) is 0 Å². The van der Waals surface area contributed by atoms with Gasteiger partial charge < -0.3 is 10.5 Å². The summed E-state index contributed by atoms with van der Waals surface area (Å²) in [5.41, 5.74) is 7.11. The fourth-order valence-electron chi connectivity index (χ4n) is 1.12. The molecule has 1 unspecified atom stereocenters. The summed E-state index contributed by atoms with van der Waals surface area (Å²) >= 11 is 2.30. The van der Waals surface area contributed by atoms with Gasteiger partial charge in [0, 0.05) is 10.5 Å². The molecule has 1 atom stereocenters. The van der Waals surface area contributed by atoms with Crippen molar-refractivity contribution in [3.63, 3.8) is 0 Å². The van der Waals surface area contributed by atoms with Crippen molar-refractivity contribution in [2.45, 2.75) is 12.5 Å². The van der Waals surface area contributed by atoms with Gasteiger partial charge in [0.05, 0.1) is 7.11 Å². The predicted molar refractivity (Wildman–Crippen MR) is 63.6 cm³/mol. The van der Waals surface area contributed by atoms with E-state index in [1.54, 1.807) is 7.11 Å². The SMILES string of the molecule is COc1ccc(CC(N)CI)cc1. The van der Waals surface area contributed by atoms with Gasteiger partial charge in [-0.15, -0.1) is 0 Å². The van der Waals surface area contributed by atoms with Crippen molar-refractivity contribution in [3.05, 3.63) is 29.8 Å². The number of benzene rings is 1. The van der Waals surface area contributed by atoms with Crippen LogP contribution >= 0.6 is 22.6 Å². The Kier molecular flexibility index (Phi) is 4.52. The second-order valence-electron chi connectivity index (χ2n) is 2.97. The van der Waals surface area contributed by atoms with Gasteiger partial charge in [0.1, 0.15) is 5.75 Å². The molecule has 0 spiro atoms. The molecule has 0 saturated heterocycles. The van der Waals surface area contributed by atoms with E-state index in [0.717, 1.165) is 16.6 Å². The highest BCUT2D eigenvalue weighted by atomic mass is 127. The van der Waals surface area contributed by atoms with E-state index >= 15 is 0 Å². The number of methoxy groups -OCH3 is 1. The van der Waals surface area contributed by atoms with Gasteiger partial charge in [0.15, 0.2) is 0 Å². The van der Waals surface area contributed by atoms with Crippen LogP contribution in [0, 0.1) is 0 Å². The fourth-order valence-corrected chi connectivity index (χ4v) is 1.43. The largest absolute Gasteiger partial charge is 0.497 e. The number of alkyl halides is 1. The van der Waals surface area contributed by atoms with E-state index in [0.29, 0.717) is 0 Å². The monoisotopic (exact) mass is 291 g/mol. The van der Waals surface area contributed by atoms with Gasteiger partial charge in [0.2, 0.25) is 0 Å². The minimum Gasteiger partial charge on any atom is -0.497 e. The van der Waals surface area contributed by atoms with Crippen LogP contribution in [0.2, 0.25) is 0 Å². The molecular weight excluding hydrogens is 277 g/mol. The standard InChI is InChI=1S/C10H14INO/c1-13-10-4-2-8(3-5-10)6-9(12)7-11/h2-5,9H,6-7,12H2,1H3. The Bertz CT molecular complexity index is 248. The van der Waals surface area contributed by atoms with Crippen molar-refractivity contribution >= 4 is 22.6 Å². The van der Waals surface area contributed by atoms with Crippen molar-refractivity contribution in [3.8, 4) is 5.75 Å². The van der Waals surface area contributed by atoms with Crippen molar-refractivity contribution < 1.29 is 4.74 Å². The molecule has 0 aliphatic heterocycles. The lowest BCUT2D eigenvalue weighted by atomic mass is 10.1. The Labute approximate surface area is 92.6 Å². The van der Waals surface area contributed by atoms with Crippen LogP contribution < -0.4 is 10.5 Å². The predicted octanol–water partition coefficient (Wildman–Crippen LogP) is 2.00. The van der Waals surface area contributed by atoms with Gasteiger partial charge in [0.25, 0.3) is 0 Å². The molecule has 13 heavy (non-hydrogen) atoms. The smallest absolute Gasteiger partial charge is 0.118 e. The second kappa shape index (κ2) is 5.44. The zero-order valence-corrected chi connectivity index (χ0v) is 9.82. The van der Waals surface area contributed by atoms with Crippen LogP contribution in [0.5, 0.6) is 5.75 Å². The molecule has 0 saturated carbocycles. The lowest BCUT2D eigenvalue weighted by Crippen LogP contribution is -2.23. The van der Waals surface area contributed by atoms with Crippen molar-refractivity contribution in [2.75, 3.05) is 11.5 Å². The molecule has 2 nitrogen and oxygen atoms in total. The molecule has 0 aliphatic carbocycles. The molecule has 0 aromatic heterocycles. The number of nitrogens with two attached hydrogens (primary N) is 1. The van der Waals surface area contributed by atoms with Crippen LogP contribution in [0.1, 0.15) is 5.56 Å². The van der Waals surface area contributed by atoms with Crippen molar-refractivity contribution in [1.82, 2.24) is 0 Å². The highest BCUT2D eigenvalue weighted by Crippen LogP contribution is 2.12. The van der Waals surface area contributed by atoms with Crippen LogP contribution in [-0.4, -0.2) is 17.6 Å². The number of halogens is 1. The Morgan fingerprint density at radius 2 is 2.00 bits per heavy atom. The van der Waals surface area contributed by atoms with E-state index in [1.807, 2.05) is 12.1 Å². The van der Waals surface area contributed by atoms with Gasteiger partial charge in [-0.2, -0.15) is 0 Å². The topological polar surface area (TPSA) is 35.2 Å². The average Bonchev–Trinajstić information content (AvgIpc) is 2.19. The van der Waals surface area contributed by atoms with Crippen LogP contribution in [0.3, 0.4) is 0 Å². The maximum Gasteiger partial charge on any atom is 0.118 e. The zero-order valence-electron chi connectivity index (χ0n) is 7.66. The molecule has 0 radical (unpaired) electrons. The number of hydrogen-bond donors (Lipinski definition) is 1. The molecule has 3 heteroatoms. The first kappa shape index (κ1) is 10.8. The zero-order chi connectivity index (χ0) is 9.68. The van der Waals surface area contributed by atoms with Gasteiger partial charge in [-0.05, 0) is 24.1 Å². The Morgan fingerprint density at radius 3 is 2.46 bits per heavy atom. The van der Waals surface area contributed by atoms with E-state index in [1.165, 1.54) is 5.56 Å². The van der Waals surface area contributed by atoms with Crippen LogP contribution in [0.4, 0.5) is 0 Å². The Hall–Kier alpha value is -0.290. The molecule has 0 bridgehead atoms. The third-order valence-corrected chi connectivity index (χ3v) is 2.99. The fraction of sp³-hybridized carbons (Fsp3) is 0.400. The van der Waals surface area contributed by atoms with E-state index in [2.05, 4.69) is 34.7 Å². The maximum atomic E-state index is 5.84. The quantitative estimate of drug-likeness (QED) is 0.680. The highest BCUT2D eigenvalue weighted by molar-refractivity contribution is 14.1. The Balaban J connectivity index is 2.58. The summed E-state index contributed by atoms with van der Waals surface area (Å²) in [4.78, 5) is 0.